The van der Waals surface area contributed by atoms with Crippen molar-refractivity contribution in [3.8, 4) is 0 Å². The Labute approximate surface area is 71.8 Å². The van der Waals surface area contributed by atoms with E-state index in [1.165, 1.54) is 0 Å². The molecule has 4 nitrogen and oxygen atoms in total. The molecule has 4 heteroatoms. The molecule has 2 atom stereocenters. The summed E-state index contributed by atoms with van der Waals surface area (Å²) in [5, 5.41) is 0. The third kappa shape index (κ3) is 2.19. The minimum Gasteiger partial charge on any atom is -0.408 e. The van der Waals surface area contributed by atoms with E-state index < -0.39 is 5.97 Å². The van der Waals surface area contributed by atoms with Crippen LogP contribution < -0.4 is 0 Å². The van der Waals surface area contributed by atoms with Crippen molar-refractivity contribution in [3.05, 3.63) is 0 Å². The summed E-state index contributed by atoms with van der Waals surface area (Å²) >= 11 is 0. The van der Waals surface area contributed by atoms with Gasteiger partial charge in [-0.3, -0.25) is 4.79 Å². The molecule has 0 unspecified atom stereocenters. The first-order valence-electron chi connectivity index (χ1n) is 4.09. The summed E-state index contributed by atoms with van der Waals surface area (Å²) < 4.78 is 15.4. The van der Waals surface area contributed by atoms with Crippen LogP contribution in [0.25, 0.3) is 0 Å². The summed E-state index contributed by atoms with van der Waals surface area (Å²) in [5.74, 6) is -1.45. The number of carbonyl (C=O) groups excluding carboxylic acids is 1. The summed E-state index contributed by atoms with van der Waals surface area (Å²) in [5.41, 5.74) is 0. The SMILES string of the molecule is CCO[C@]1(C)OC(=O)C[C@@H](C)O1. The van der Waals surface area contributed by atoms with Crippen LogP contribution in [0.1, 0.15) is 27.2 Å². The molecule has 70 valence electrons. The molecule has 12 heavy (non-hydrogen) atoms. The fraction of sp³-hybridized carbons (Fsp3) is 0.875. The summed E-state index contributed by atoms with van der Waals surface area (Å²) in [6.07, 6.45) is 0.158. The van der Waals surface area contributed by atoms with E-state index in [1.807, 2.05) is 13.8 Å². The Bertz CT molecular complexity index is 180. The Kier molecular flexibility index (Phi) is 2.69. The highest BCUT2D eigenvalue weighted by atomic mass is 16.9. The van der Waals surface area contributed by atoms with Gasteiger partial charge in [0, 0.05) is 6.92 Å². The van der Waals surface area contributed by atoms with E-state index in [2.05, 4.69) is 0 Å². The molecule has 0 aliphatic carbocycles. The highest BCUT2D eigenvalue weighted by molar-refractivity contribution is 5.70. The van der Waals surface area contributed by atoms with Crippen LogP contribution in [0.4, 0.5) is 0 Å². The van der Waals surface area contributed by atoms with Crippen molar-refractivity contribution in [1.29, 1.82) is 0 Å². The van der Waals surface area contributed by atoms with Crippen LogP contribution in [0.3, 0.4) is 0 Å². The molecule has 0 spiro atoms. The number of ether oxygens (including phenoxy) is 3. The first-order valence-corrected chi connectivity index (χ1v) is 4.09. The van der Waals surface area contributed by atoms with Crippen LogP contribution in [-0.2, 0) is 19.0 Å². The van der Waals surface area contributed by atoms with Crippen LogP contribution >= 0.6 is 0 Å². The quantitative estimate of drug-likeness (QED) is 0.587. The molecule has 1 aliphatic rings. The molecule has 1 rings (SSSR count). The molecule has 0 bridgehead atoms. The van der Waals surface area contributed by atoms with Gasteiger partial charge in [-0.2, -0.15) is 0 Å². The third-order valence-electron chi connectivity index (χ3n) is 1.58. The van der Waals surface area contributed by atoms with Crippen LogP contribution in [0.2, 0.25) is 0 Å². The fourth-order valence-electron chi connectivity index (χ4n) is 1.24. The van der Waals surface area contributed by atoms with Gasteiger partial charge in [-0.1, -0.05) is 0 Å². The topological polar surface area (TPSA) is 44.8 Å². The average Bonchev–Trinajstić information content (AvgIpc) is 1.82. The van der Waals surface area contributed by atoms with Gasteiger partial charge in [0.1, 0.15) is 0 Å². The zero-order valence-corrected chi connectivity index (χ0v) is 7.62. The third-order valence-corrected chi connectivity index (χ3v) is 1.58. The Morgan fingerprint density at radius 2 is 2.42 bits per heavy atom. The second-order valence-corrected chi connectivity index (χ2v) is 2.90. The molecule has 1 aliphatic heterocycles. The zero-order valence-electron chi connectivity index (χ0n) is 7.62. The van der Waals surface area contributed by atoms with Gasteiger partial charge >= 0.3 is 11.9 Å². The number of esters is 1. The van der Waals surface area contributed by atoms with E-state index in [9.17, 15) is 4.79 Å². The number of hydrogen-bond donors (Lipinski definition) is 0. The molecule has 0 aromatic carbocycles. The molecule has 0 aromatic heterocycles. The van der Waals surface area contributed by atoms with Crippen molar-refractivity contribution >= 4 is 5.97 Å². The first-order chi connectivity index (χ1) is 5.56. The monoisotopic (exact) mass is 174 g/mol. The van der Waals surface area contributed by atoms with Crippen molar-refractivity contribution in [2.45, 2.75) is 39.3 Å². The van der Waals surface area contributed by atoms with Crippen LogP contribution in [0, 0.1) is 0 Å². The Morgan fingerprint density at radius 1 is 1.75 bits per heavy atom. The smallest absolute Gasteiger partial charge is 0.326 e. The highest BCUT2D eigenvalue weighted by Crippen LogP contribution is 2.24. The normalized spacial score (nSPS) is 36.2. The number of cyclic esters (lactones) is 1. The van der Waals surface area contributed by atoms with Gasteiger partial charge in [0.05, 0.1) is 19.1 Å². The van der Waals surface area contributed by atoms with E-state index in [0.717, 1.165) is 0 Å². The summed E-state index contributed by atoms with van der Waals surface area (Å²) in [6, 6.07) is 0. The Morgan fingerprint density at radius 3 is 2.92 bits per heavy atom. The summed E-state index contributed by atoms with van der Waals surface area (Å²) in [6.45, 7) is 5.69. The summed E-state index contributed by atoms with van der Waals surface area (Å²) in [7, 11) is 0. The molecule has 1 heterocycles. The van der Waals surface area contributed by atoms with Crippen LogP contribution in [0.15, 0.2) is 0 Å². The molecule has 0 aromatic rings. The zero-order chi connectivity index (χ0) is 9.19. The van der Waals surface area contributed by atoms with Crippen LogP contribution in [0.5, 0.6) is 0 Å². The second-order valence-electron chi connectivity index (χ2n) is 2.90. The van der Waals surface area contributed by atoms with Crippen molar-refractivity contribution in [1.82, 2.24) is 0 Å². The largest absolute Gasteiger partial charge is 0.408 e. The van der Waals surface area contributed by atoms with Crippen molar-refractivity contribution in [2.24, 2.45) is 0 Å². The predicted octanol–water partition coefficient (Wildman–Crippen LogP) is 1.05. The van der Waals surface area contributed by atoms with Gasteiger partial charge in [0.2, 0.25) is 0 Å². The maximum Gasteiger partial charge on any atom is 0.326 e. The highest BCUT2D eigenvalue weighted by Gasteiger charge is 2.38. The molecule has 1 saturated heterocycles. The maximum atomic E-state index is 11.0. The summed E-state index contributed by atoms with van der Waals surface area (Å²) in [4.78, 5) is 11.0. The molecule has 0 saturated carbocycles. The Balaban J connectivity index is 2.58. The lowest BCUT2D eigenvalue weighted by molar-refractivity contribution is -0.378. The van der Waals surface area contributed by atoms with E-state index in [0.29, 0.717) is 13.0 Å². The number of hydrogen-bond acceptors (Lipinski definition) is 4. The fourth-order valence-corrected chi connectivity index (χ4v) is 1.24. The van der Waals surface area contributed by atoms with E-state index in [1.54, 1.807) is 6.92 Å². The van der Waals surface area contributed by atoms with Gasteiger partial charge < -0.3 is 14.2 Å². The van der Waals surface area contributed by atoms with E-state index >= 15 is 0 Å². The lowest BCUT2D eigenvalue weighted by atomic mass is 10.2. The van der Waals surface area contributed by atoms with Gasteiger partial charge in [0.15, 0.2) is 0 Å². The molecular formula is C8H14O4. The first kappa shape index (κ1) is 9.48. The average molecular weight is 174 g/mol. The van der Waals surface area contributed by atoms with Gasteiger partial charge in [-0.15, -0.1) is 0 Å². The lowest BCUT2D eigenvalue weighted by Gasteiger charge is -2.35. The predicted molar refractivity (Wildman–Crippen MR) is 41.3 cm³/mol. The minimum absolute atomic E-state index is 0.136. The van der Waals surface area contributed by atoms with Gasteiger partial charge in [-0.05, 0) is 13.8 Å². The maximum absolute atomic E-state index is 11.0. The number of carbonyl (C=O) groups is 1. The van der Waals surface area contributed by atoms with Crippen molar-refractivity contribution in [3.63, 3.8) is 0 Å². The molecule has 0 radical (unpaired) electrons. The van der Waals surface area contributed by atoms with E-state index in [-0.39, 0.29) is 12.1 Å². The molecule has 1 fully saturated rings. The molecule has 0 amide bonds. The van der Waals surface area contributed by atoms with Gasteiger partial charge in [-0.25, -0.2) is 0 Å². The Hall–Kier alpha value is -0.610. The lowest BCUT2D eigenvalue weighted by Crippen LogP contribution is -2.45. The van der Waals surface area contributed by atoms with Crippen molar-refractivity contribution in [2.75, 3.05) is 6.61 Å². The van der Waals surface area contributed by atoms with Crippen molar-refractivity contribution < 1.29 is 19.0 Å². The molecular weight excluding hydrogens is 160 g/mol. The minimum atomic E-state index is -1.18. The van der Waals surface area contributed by atoms with Gasteiger partial charge in [0.25, 0.3) is 0 Å². The molecule has 0 N–H and O–H groups in total. The van der Waals surface area contributed by atoms with Crippen LogP contribution in [-0.4, -0.2) is 24.7 Å². The number of rotatable bonds is 2. The van der Waals surface area contributed by atoms with E-state index in [4.69, 9.17) is 14.2 Å². The standard InChI is InChI=1S/C8H14O4/c1-4-10-8(3)11-6(2)5-7(9)12-8/h6H,4-5H2,1-3H3/t6-,8+/m1/s1. The second kappa shape index (κ2) is 3.41.